The molecule has 1 unspecified atom stereocenters. The molecule has 1 fully saturated rings. The molecule has 0 spiro atoms. The zero-order valence-corrected chi connectivity index (χ0v) is 11.6. The van der Waals surface area contributed by atoms with E-state index in [9.17, 15) is 10.2 Å². The van der Waals surface area contributed by atoms with Crippen LogP contribution in [0, 0.1) is 0 Å². The molecule has 1 aromatic carbocycles. The Morgan fingerprint density at radius 1 is 1.26 bits per heavy atom. The Bertz CT molecular complexity index is 414. The van der Waals surface area contributed by atoms with E-state index in [1.165, 1.54) is 0 Å². The van der Waals surface area contributed by atoms with E-state index in [0.717, 1.165) is 31.2 Å². The fourth-order valence-corrected chi connectivity index (χ4v) is 2.70. The highest BCUT2D eigenvalue weighted by atomic mass is 16.5. The number of hydrogen-bond donors (Lipinski definition) is 3. The van der Waals surface area contributed by atoms with Crippen molar-refractivity contribution >= 4 is 0 Å². The maximum atomic E-state index is 10.0. The second-order valence-corrected chi connectivity index (χ2v) is 5.32. The lowest BCUT2D eigenvalue weighted by molar-refractivity contribution is 0.114. The van der Waals surface area contributed by atoms with Crippen molar-refractivity contribution in [3.05, 3.63) is 23.8 Å². The summed E-state index contributed by atoms with van der Waals surface area (Å²) >= 11 is 0. The molecule has 0 aliphatic heterocycles. The summed E-state index contributed by atoms with van der Waals surface area (Å²) in [6.07, 6.45) is 3.56. The van der Waals surface area contributed by atoms with Crippen molar-refractivity contribution < 1.29 is 14.9 Å². The van der Waals surface area contributed by atoms with Gasteiger partial charge in [-0.2, -0.15) is 0 Å². The number of aliphatic hydroxyl groups is 1. The number of benzene rings is 1. The predicted molar refractivity (Wildman–Crippen MR) is 74.5 cm³/mol. The quantitative estimate of drug-likeness (QED) is 0.782. The molecule has 106 valence electrons. The van der Waals surface area contributed by atoms with Gasteiger partial charge in [0.05, 0.1) is 13.2 Å². The lowest BCUT2D eigenvalue weighted by Gasteiger charge is -2.29. The molecule has 1 atom stereocenters. The average Bonchev–Trinajstić information content (AvgIpc) is 2.41. The molecule has 2 rings (SSSR count). The molecular weight excluding hydrogens is 242 g/mol. The highest BCUT2D eigenvalue weighted by Gasteiger charge is 2.21. The molecule has 0 saturated heterocycles. The van der Waals surface area contributed by atoms with Crippen molar-refractivity contribution in [1.29, 1.82) is 0 Å². The Morgan fingerprint density at radius 3 is 2.53 bits per heavy atom. The summed E-state index contributed by atoms with van der Waals surface area (Å²) in [5, 5.41) is 23.0. The van der Waals surface area contributed by atoms with E-state index < -0.39 is 0 Å². The standard InChI is InChI=1S/C15H23NO3/c1-10(16-11-3-5-12(17)6-4-11)14-8-7-13(19-2)9-15(14)18/h7-12,16-18H,3-6H2,1-2H3. The second kappa shape index (κ2) is 6.26. The first kappa shape index (κ1) is 14.2. The molecular formula is C15H23NO3. The van der Waals surface area contributed by atoms with Crippen LogP contribution in [0.2, 0.25) is 0 Å². The van der Waals surface area contributed by atoms with E-state index in [1.54, 1.807) is 13.2 Å². The van der Waals surface area contributed by atoms with Gasteiger partial charge in [-0.1, -0.05) is 6.07 Å². The molecule has 1 saturated carbocycles. The molecule has 0 aromatic heterocycles. The summed E-state index contributed by atoms with van der Waals surface area (Å²) in [5.41, 5.74) is 0.881. The molecule has 0 amide bonds. The Kier molecular flexibility index (Phi) is 4.66. The fourth-order valence-electron chi connectivity index (χ4n) is 2.70. The van der Waals surface area contributed by atoms with Crippen molar-refractivity contribution in [3.63, 3.8) is 0 Å². The van der Waals surface area contributed by atoms with Gasteiger partial charge in [-0.25, -0.2) is 0 Å². The number of hydrogen-bond acceptors (Lipinski definition) is 4. The van der Waals surface area contributed by atoms with E-state index in [0.29, 0.717) is 11.8 Å². The van der Waals surface area contributed by atoms with E-state index in [1.807, 2.05) is 19.1 Å². The van der Waals surface area contributed by atoms with Gasteiger partial charge in [0.15, 0.2) is 0 Å². The van der Waals surface area contributed by atoms with Crippen LogP contribution in [0.1, 0.15) is 44.2 Å². The van der Waals surface area contributed by atoms with Crippen LogP contribution in [0.5, 0.6) is 11.5 Å². The summed E-state index contributed by atoms with van der Waals surface area (Å²) in [7, 11) is 1.59. The van der Waals surface area contributed by atoms with Crippen molar-refractivity contribution in [2.75, 3.05) is 7.11 Å². The van der Waals surface area contributed by atoms with Crippen LogP contribution >= 0.6 is 0 Å². The van der Waals surface area contributed by atoms with Crippen LogP contribution in [0.25, 0.3) is 0 Å². The number of nitrogens with one attached hydrogen (secondary N) is 1. The van der Waals surface area contributed by atoms with Gasteiger partial charge in [0, 0.05) is 23.7 Å². The first-order chi connectivity index (χ1) is 9.10. The van der Waals surface area contributed by atoms with Gasteiger partial charge >= 0.3 is 0 Å². The molecule has 19 heavy (non-hydrogen) atoms. The molecule has 1 aliphatic carbocycles. The molecule has 1 aliphatic rings. The van der Waals surface area contributed by atoms with Gasteiger partial charge < -0.3 is 20.3 Å². The summed E-state index contributed by atoms with van der Waals surface area (Å²) < 4.78 is 5.08. The first-order valence-corrected chi connectivity index (χ1v) is 6.91. The predicted octanol–water partition coefficient (Wildman–Crippen LogP) is 2.35. The molecule has 4 nitrogen and oxygen atoms in total. The highest BCUT2D eigenvalue weighted by molar-refractivity contribution is 5.41. The van der Waals surface area contributed by atoms with E-state index in [-0.39, 0.29) is 17.9 Å². The lowest BCUT2D eigenvalue weighted by Crippen LogP contribution is -2.36. The largest absolute Gasteiger partial charge is 0.507 e. The summed E-state index contributed by atoms with van der Waals surface area (Å²) in [4.78, 5) is 0. The fraction of sp³-hybridized carbons (Fsp3) is 0.600. The molecule has 4 heteroatoms. The van der Waals surface area contributed by atoms with E-state index >= 15 is 0 Å². The number of phenolic OH excluding ortho intramolecular Hbond substituents is 1. The van der Waals surface area contributed by atoms with Gasteiger partial charge in [0.25, 0.3) is 0 Å². The van der Waals surface area contributed by atoms with Crippen LogP contribution < -0.4 is 10.1 Å². The third kappa shape index (κ3) is 3.61. The van der Waals surface area contributed by atoms with Gasteiger partial charge in [0.1, 0.15) is 11.5 Å². The number of ether oxygens (including phenoxy) is 1. The van der Waals surface area contributed by atoms with Gasteiger partial charge in [0.2, 0.25) is 0 Å². The summed E-state index contributed by atoms with van der Waals surface area (Å²) in [6.45, 7) is 2.05. The van der Waals surface area contributed by atoms with Crippen molar-refractivity contribution in [1.82, 2.24) is 5.32 Å². The van der Waals surface area contributed by atoms with Crippen molar-refractivity contribution in [2.45, 2.75) is 50.8 Å². The monoisotopic (exact) mass is 265 g/mol. The number of phenols is 1. The molecule has 0 heterocycles. The molecule has 0 radical (unpaired) electrons. The van der Waals surface area contributed by atoms with Crippen LogP contribution in [-0.2, 0) is 0 Å². The van der Waals surface area contributed by atoms with E-state index in [2.05, 4.69) is 5.32 Å². The molecule has 1 aromatic rings. The maximum absolute atomic E-state index is 10.0. The second-order valence-electron chi connectivity index (χ2n) is 5.32. The molecule has 3 N–H and O–H groups in total. The Labute approximate surface area is 114 Å². The third-order valence-corrected chi connectivity index (χ3v) is 3.89. The SMILES string of the molecule is COc1ccc(C(C)NC2CCC(O)CC2)c(O)c1. The summed E-state index contributed by atoms with van der Waals surface area (Å²) in [5.74, 6) is 0.921. The van der Waals surface area contributed by atoms with Crippen molar-refractivity contribution in [2.24, 2.45) is 0 Å². The maximum Gasteiger partial charge on any atom is 0.124 e. The highest BCUT2D eigenvalue weighted by Crippen LogP contribution is 2.29. The topological polar surface area (TPSA) is 61.7 Å². The van der Waals surface area contributed by atoms with Gasteiger partial charge in [-0.15, -0.1) is 0 Å². The lowest BCUT2D eigenvalue weighted by atomic mass is 9.92. The number of rotatable bonds is 4. The Hall–Kier alpha value is -1.26. The normalized spacial score (nSPS) is 25.0. The summed E-state index contributed by atoms with van der Waals surface area (Å²) in [6, 6.07) is 5.89. The Balaban J connectivity index is 1.97. The number of methoxy groups -OCH3 is 1. The van der Waals surface area contributed by atoms with Gasteiger partial charge in [-0.05, 0) is 38.7 Å². The zero-order chi connectivity index (χ0) is 13.8. The zero-order valence-electron chi connectivity index (χ0n) is 11.6. The van der Waals surface area contributed by atoms with Crippen LogP contribution in [0.3, 0.4) is 0 Å². The minimum atomic E-state index is -0.136. The van der Waals surface area contributed by atoms with Crippen LogP contribution in [0.4, 0.5) is 0 Å². The smallest absolute Gasteiger partial charge is 0.124 e. The Morgan fingerprint density at radius 2 is 1.95 bits per heavy atom. The average molecular weight is 265 g/mol. The molecule has 0 bridgehead atoms. The third-order valence-electron chi connectivity index (χ3n) is 3.89. The minimum absolute atomic E-state index is 0.0890. The number of aliphatic hydroxyl groups excluding tert-OH is 1. The van der Waals surface area contributed by atoms with Crippen LogP contribution in [0.15, 0.2) is 18.2 Å². The van der Waals surface area contributed by atoms with Crippen molar-refractivity contribution in [3.8, 4) is 11.5 Å². The number of aromatic hydroxyl groups is 1. The van der Waals surface area contributed by atoms with E-state index in [4.69, 9.17) is 4.74 Å². The minimum Gasteiger partial charge on any atom is -0.507 e. The van der Waals surface area contributed by atoms with Gasteiger partial charge in [-0.3, -0.25) is 0 Å². The van der Waals surface area contributed by atoms with Crippen LogP contribution in [-0.4, -0.2) is 29.5 Å². The first-order valence-electron chi connectivity index (χ1n) is 6.91.